The summed E-state index contributed by atoms with van der Waals surface area (Å²) in [5.74, 6) is 1.51. The third-order valence-corrected chi connectivity index (χ3v) is 8.62. The molecule has 1 atom stereocenters. The predicted molar refractivity (Wildman–Crippen MR) is 131 cm³/mol. The first kappa shape index (κ1) is 22.6. The Morgan fingerprint density at radius 1 is 0.853 bits per heavy atom. The van der Waals surface area contributed by atoms with Crippen LogP contribution < -0.4 is 4.74 Å². The van der Waals surface area contributed by atoms with Crippen LogP contribution in [0.3, 0.4) is 0 Å². The first-order valence-electron chi connectivity index (χ1n) is 11.5. The fraction of sp³-hybridized carbons (Fsp3) is 0.250. The number of Topliss-reactive ketones (excluding diaryl/α,β-unsaturated/α-hetero) is 1. The largest absolute Gasteiger partial charge is 0.457 e. The van der Waals surface area contributed by atoms with E-state index in [1.54, 1.807) is 28.6 Å². The minimum atomic E-state index is -3.70. The molecule has 5 nitrogen and oxygen atoms in total. The number of para-hydroxylation sites is 1. The van der Waals surface area contributed by atoms with Crippen LogP contribution >= 0.6 is 0 Å². The van der Waals surface area contributed by atoms with Crippen molar-refractivity contribution in [3.63, 3.8) is 0 Å². The molecule has 0 amide bonds. The van der Waals surface area contributed by atoms with E-state index < -0.39 is 10.0 Å². The Balaban J connectivity index is 1.40. The number of sulfonamides is 1. The zero-order valence-electron chi connectivity index (χ0n) is 18.9. The Kier molecular flexibility index (Phi) is 6.11. The van der Waals surface area contributed by atoms with Crippen LogP contribution in [0.1, 0.15) is 24.8 Å². The number of hydrogen-bond acceptors (Lipinski definition) is 4. The van der Waals surface area contributed by atoms with Crippen molar-refractivity contribution in [2.75, 3.05) is 13.1 Å². The van der Waals surface area contributed by atoms with Gasteiger partial charge in [-0.05, 0) is 54.8 Å². The van der Waals surface area contributed by atoms with Gasteiger partial charge in [-0.2, -0.15) is 4.31 Å². The summed E-state index contributed by atoms with van der Waals surface area (Å²) in [7, 11) is -3.70. The number of carbonyl (C=O) groups excluding carboxylic acids is 1. The maximum Gasteiger partial charge on any atom is 0.243 e. The minimum Gasteiger partial charge on any atom is -0.457 e. The van der Waals surface area contributed by atoms with E-state index in [0.717, 1.165) is 17.6 Å². The number of nitrogens with zero attached hydrogens (tertiary/aromatic N) is 1. The standard InChI is InChI=1S/C28H27NO4S/c30-24-15-17-28(20-22-7-3-1-4-8-22)21-29(18-16-23(28)19-24)34(31,32)27-13-11-26(12-14-27)33-25-9-5-2-6-10-25/h1-14,16H,15,17-21H2. The Morgan fingerprint density at radius 3 is 2.21 bits per heavy atom. The van der Waals surface area contributed by atoms with Crippen molar-refractivity contribution in [3.05, 3.63) is 102 Å². The number of carbonyl (C=O) groups is 1. The number of hydrogen-bond donors (Lipinski definition) is 0. The quantitative estimate of drug-likeness (QED) is 0.450. The van der Waals surface area contributed by atoms with Crippen molar-refractivity contribution >= 4 is 15.8 Å². The Bertz CT molecular complexity index is 1300. The number of benzene rings is 3. The van der Waals surface area contributed by atoms with E-state index in [1.807, 2.05) is 54.6 Å². The first-order valence-corrected chi connectivity index (χ1v) is 13.0. The van der Waals surface area contributed by atoms with Crippen molar-refractivity contribution < 1.29 is 17.9 Å². The molecule has 3 aromatic rings. The van der Waals surface area contributed by atoms with Crippen molar-refractivity contribution in [3.8, 4) is 11.5 Å². The van der Waals surface area contributed by atoms with Crippen LogP contribution in [0.5, 0.6) is 11.5 Å². The van der Waals surface area contributed by atoms with Gasteiger partial charge in [0.15, 0.2) is 0 Å². The molecule has 5 rings (SSSR count). The van der Waals surface area contributed by atoms with Gasteiger partial charge in [0, 0.05) is 31.3 Å². The molecule has 6 heteroatoms. The Labute approximate surface area is 200 Å². The molecule has 1 aliphatic heterocycles. The normalized spacial score (nSPS) is 20.9. The smallest absolute Gasteiger partial charge is 0.243 e. The summed E-state index contributed by atoms with van der Waals surface area (Å²) in [6.45, 7) is 0.662. The molecular weight excluding hydrogens is 446 g/mol. The second-order valence-corrected chi connectivity index (χ2v) is 11.0. The average Bonchev–Trinajstić information content (AvgIpc) is 2.85. The van der Waals surface area contributed by atoms with Crippen LogP contribution in [0.4, 0.5) is 0 Å². The summed E-state index contributed by atoms with van der Waals surface area (Å²) in [5.41, 5.74) is 1.90. The lowest BCUT2D eigenvalue weighted by molar-refractivity contribution is -0.120. The highest BCUT2D eigenvalue weighted by Crippen LogP contribution is 2.46. The number of rotatable bonds is 6. The molecule has 1 aliphatic carbocycles. The second kappa shape index (κ2) is 9.20. The molecule has 174 valence electrons. The van der Waals surface area contributed by atoms with Crippen molar-refractivity contribution in [2.24, 2.45) is 5.41 Å². The van der Waals surface area contributed by atoms with Gasteiger partial charge < -0.3 is 4.74 Å². The van der Waals surface area contributed by atoms with Gasteiger partial charge in [-0.1, -0.05) is 60.2 Å². The monoisotopic (exact) mass is 473 g/mol. The molecule has 2 aliphatic rings. The lowest BCUT2D eigenvalue weighted by Gasteiger charge is -2.45. The fourth-order valence-corrected chi connectivity index (χ4v) is 6.46. The Morgan fingerprint density at radius 2 is 1.50 bits per heavy atom. The van der Waals surface area contributed by atoms with Crippen LogP contribution in [0.25, 0.3) is 0 Å². The van der Waals surface area contributed by atoms with Crippen LogP contribution in [-0.4, -0.2) is 31.6 Å². The number of ketones is 1. The molecule has 34 heavy (non-hydrogen) atoms. The maximum absolute atomic E-state index is 13.6. The molecule has 0 N–H and O–H groups in total. The molecule has 1 heterocycles. The molecule has 0 aromatic heterocycles. The van der Waals surface area contributed by atoms with Crippen molar-refractivity contribution in [1.82, 2.24) is 4.31 Å². The highest BCUT2D eigenvalue weighted by Gasteiger charge is 2.45. The minimum absolute atomic E-state index is 0.236. The van der Waals surface area contributed by atoms with Gasteiger partial charge >= 0.3 is 0 Å². The summed E-state index contributed by atoms with van der Waals surface area (Å²) in [5, 5.41) is 0. The zero-order chi connectivity index (χ0) is 23.6. The highest BCUT2D eigenvalue weighted by molar-refractivity contribution is 7.89. The van der Waals surface area contributed by atoms with Gasteiger partial charge in [0.1, 0.15) is 17.3 Å². The molecule has 0 spiro atoms. The van der Waals surface area contributed by atoms with Crippen molar-refractivity contribution in [2.45, 2.75) is 30.6 Å². The third-order valence-electron chi connectivity index (χ3n) is 6.80. The van der Waals surface area contributed by atoms with Crippen LogP contribution in [0.2, 0.25) is 0 Å². The van der Waals surface area contributed by atoms with Gasteiger partial charge in [-0.15, -0.1) is 0 Å². The lowest BCUT2D eigenvalue weighted by atomic mass is 9.65. The van der Waals surface area contributed by atoms with Gasteiger partial charge in [-0.25, -0.2) is 8.42 Å². The predicted octanol–water partition coefficient (Wildman–Crippen LogP) is 5.39. The van der Waals surface area contributed by atoms with Crippen molar-refractivity contribution in [1.29, 1.82) is 0 Å². The summed E-state index contributed by atoms with van der Waals surface area (Å²) in [6.07, 6.45) is 4.27. The van der Waals surface area contributed by atoms with E-state index in [0.29, 0.717) is 37.3 Å². The first-order chi connectivity index (χ1) is 16.4. The van der Waals surface area contributed by atoms with E-state index in [9.17, 15) is 13.2 Å². The number of ether oxygens (including phenoxy) is 1. The third kappa shape index (κ3) is 4.56. The molecule has 1 fully saturated rings. The van der Waals surface area contributed by atoms with E-state index in [-0.39, 0.29) is 22.6 Å². The average molecular weight is 474 g/mol. The van der Waals surface area contributed by atoms with Crippen LogP contribution in [0, 0.1) is 5.41 Å². The molecule has 1 saturated carbocycles. The SMILES string of the molecule is O=C1CCC2(Cc3ccccc3)CN(S(=O)(=O)c3ccc(Oc4ccccc4)cc3)CC=C2C1. The lowest BCUT2D eigenvalue weighted by Crippen LogP contribution is -2.49. The van der Waals surface area contributed by atoms with Gasteiger partial charge in [0.05, 0.1) is 4.90 Å². The van der Waals surface area contributed by atoms with Crippen LogP contribution in [-0.2, 0) is 21.2 Å². The summed E-state index contributed by atoms with van der Waals surface area (Å²) >= 11 is 0. The summed E-state index contributed by atoms with van der Waals surface area (Å²) in [6, 6.07) is 26.1. The van der Waals surface area contributed by atoms with E-state index in [2.05, 4.69) is 12.1 Å². The van der Waals surface area contributed by atoms with Gasteiger partial charge in [0.2, 0.25) is 10.0 Å². The Hall–Kier alpha value is -3.22. The second-order valence-electron chi connectivity index (χ2n) is 9.07. The van der Waals surface area contributed by atoms with Gasteiger partial charge in [-0.3, -0.25) is 4.79 Å². The molecule has 0 saturated heterocycles. The van der Waals surface area contributed by atoms with Crippen LogP contribution in [0.15, 0.2) is 101 Å². The summed E-state index contributed by atoms with van der Waals surface area (Å²) < 4.78 is 34.5. The molecular formula is C28H27NO4S. The fourth-order valence-electron chi connectivity index (χ4n) is 4.99. The van der Waals surface area contributed by atoms with Gasteiger partial charge in [0.25, 0.3) is 0 Å². The molecule has 0 radical (unpaired) electrons. The summed E-state index contributed by atoms with van der Waals surface area (Å²) in [4.78, 5) is 12.4. The molecule has 3 aromatic carbocycles. The number of fused-ring (bicyclic) bond motifs is 1. The molecule has 0 bridgehead atoms. The van der Waals surface area contributed by atoms with E-state index in [1.165, 1.54) is 0 Å². The van der Waals surface area contributed by atoms with E-state index >= 15 is 0 Å². The highest BCUT2D eigenvalue weighted by atomic mass is 32.2. The van der Waals surface area contributed by atoms with E-state index in [4.69, 9.17) is 4.74 Å². The zero-order valence-corrected chi connectivity index (χ0v) is 19.7. The molecule has 1 unspecified atom stereocenters. The maximum atomic E-state index is 13.6. The topological polar surface area (TPSA) is 63.7 Å².